The molecule has 5 atom stereocenters. The van der Waals surface area contributed by atoms with Gasteiger partial charge in [-0.05, 0) is 25.3 Å². The fraction of sp³-hybridized carbons (Fsp3) is 0.571. The van der Waals surface area contributed by atoms with Crippen LogP contribution in [0.3, 0.4) is 0 Å². The molecule has 1 aliphatic heterocycles. The van der Waals surface area contributed by atoms with E-state index in [9.17, 15) is 23.7 Å². The van der Waals surface area contributed by atoms with Crippen LogP contribution < -0.4 is 0 Å². The Morgan fingerprint density at radius 2 is 1.74 bits per heavy atom. The molecule has 1 aromatic rings. The predicted molar refractivity (Wildman–Crippen MR) is 84.5 cm³/mol. The number of ether oxygens (including phenoxy) is 1. The highest BCUT2D eigenvalue weighted by Gasteiger charge is 2.43. The van der Waals surface area contributed by atoms with Crippen molar-refractivity contribution < 1.29 is 32.7 Å². The Labute approximate surface area is 139 Å². The molecule has 9 heteroatoms. The van der Waals surface area contributed by atoms with Gasteiger partial charge in [0.1, 0.15) is 29.9 Å². The van der Waals surface area contributed by atoms with E-state index in [1.807, 2.05) is 6.92 Å². The molecule has 23 heavy (non-hydrogen) atoms. The predicted octanol–water partition coefficient (Wildman–Crippen LogP) is -0.129. The monoisotopic (exact) mass is 364 g/mol. The van der Waals surface area contributed by atoms with Crippen LogP contribution in [0.15, 0.2) is 29.2 Å². The molecule has 1 aromatic carbocycles. The number of aliphatic hydroxyl groups is 3. The number of rotatable bonds is 5. The van der Waals surface area contributed by atoms with Crippen LogP contribution in [0.2, 0.25) is 0 Å². The van der Waals surface area contributed by atoms with E-state index in [0.717, 1.165) is 17.3 Å². The van der Waals surface area contributed by atoms with E-state index < -0.39 is 46.6 Å². The van der Waals surface area contributed by atoms with Gasteiger partial charge in [-0.1, -0.05) is 17.7 Å². The summed E-state index contributed by atoms with van der Waals surface area (Å²) in [5.41, 5.74) is 0.138. The van der Waals surface area contributed by atoms with Crippen LogP contribution in [0.4, 0.5) is 0 Å². The summed E-state index contributed by atoms with van der Waals surface area (Å²) < 4.78 is 34.5. The van der Waals surface area contributed by atoms with Gasteiger partial charge in [0.05, 0.1) is 11.5 Å². The lowest BCUT2D eigenvalue weighted by atomic mass is 10.0. The van der Waals surface area contributed by atoms with Gasteiger partial charge in [0.15, 0.2) is 0 Å². The zero-order chi connectivity index (χ0) is 17.2. The maximum Gasteiger partial charge on any atom is 0.297 e. The molecule has 0 aromatic heterocycles. The Hall–Kier alpha value is -0.680. The number of thioether (sulfide) groups is 1. The molecule has 7 nitrogen and oxygen atoms in total. The number of aryl methyl sites for hydroxylation is 1. The van der Waals surface area contributed by atoms with Crippen molar-refractivity contribution in [3.8, 4) is 0 Å². The lowest BCUT2D eigenvalue weighted by Gasteiger charge is -2.39. The van der Waals surface area contributed by atoms with Crippen LogP contribution in [0.1, 0.15) is 5.56 Å². The molecule has 0 bridgehead atoms. The summed E-state index contributed by atoms with van der Waals surface area (Å²) in [6.45, 7) is 1.37. The standard InChI is InChI=1S/C14H20O7S2/c1-8-3-5-9(6-4-8)23(18,19)20-7-10-11(15)12(16)13(17)14(21-10)22-2/h3-6,10-17H,7H2,1-2H3/t10-,11+,12-,13-,14+/m1/s1. The summed E-state index contributed by atoms with van der Waals surface area (Å²) in [6, 6.07) is 6.14. The maximum atomic E-state index is 12.1. The zero-order valence-corrected chi connectivity index (χ0v) is 14.3. The SMILES string of the molecule is CS[C@@H]1O[C@H](COS(=O)(=O)c2ccc(C)cc2)[C@H](O)[C@@H](O)[C@H]1O. The summed E-state index contributed by atoms with van der Waals surface area (Å²) in [5.74, 6) is 0. The zero-order valence-electron chi connectivity index (χ0n) is 12.7. The number of hydrogen-bond donors (Lipinski definition) is 3. The summed E-state index contributed by atoms with van der Waals surface area (Å²) >= 11 is 1.15. The second kappa shape index (κ2) is 7.47. The molecule has 0 unspecified atom stereocenters. The Kier molecular flexibility index (Phi) is 6.06. The molecule has 2 rings (SSSR count). The summed E-state index contributed by atoms with van der Waals surface area (Å²) in [5, 5.41) is 29.4. The van der Waals surface area contributed by atoms with Gasteiger partial charge in [-0.25, -0.2) is 0 Å². The quantitative estimate of drug-likeness (QED) is 0.620. The number of hydrogen-bond acceptors (Lipinski definition) is 8. The Morgan fingerprint density at radius 3 is 2.30 bits per heavy atom. The average Bonchev–Trinajstić information content (AvgIpc) is 2.52. The highest BCUT2D eigenvalue weighted by atomic mass is 32.2. The van der Waals surface area contributed by atoms with Crippen molar-refractivity contribution in [1.82, 2.24) is 0 Å². The van der Waals surface area contributed by atoms with E-state index in [2.05, 4.69) is 0 Å². The van der Waals surface area contributed by atoms with Gasteiger partial charge in [0, 0.05) is 0 Å². The Morgan fingerprint density at radius 1 is 1.13 bits per heavy atom. The van der Waals surface area contributed by atoms with E-state index in [4.69, 9.17) is 8.92 Å². The highest BCUT2D eigenvalue weighted by molar-refractivity contribution is 7.99. The smallest absolute Gasteiger partial charge is 0.297 e. The highest BCUT2D eigenvalue weighted by Crippen LogP contribution is 2.27. The molecule has 0 amide bonds. The van der Waals surface area contributed by atoms with Gasteiger partial charge >= 0.3 is 0 Å². The number of benzene rings is 1. The van der Waals surface area contributed by atoms with Gasteiger partial charge in [0.2, 0.25) is 0 Å². The van der Waals surface area contributed by atoms with Crippen LogP contribution in [-0.2, 0) is 19.0 Å². The number of aliphatic hydroxyl groups excluding tert-OH is 3. The molecule has 1 aliphatic rings. The van der Waals surface area contributed by atoms with Crippen molar-refractivity contribution in [2.75, 3.05) is 12.9 Å². The van der Waals surface area contributed by atoms with Crippen molar-refractivity contribution in [2.45, 2.75) is 41.7 Å². The van der Waals surface area contributed by atoms with Crippen LogP contribution in [0, 0.1) is 6.92 Å². The van der Waals surface area contributed by atoms with Crippen molar-refractivity contribution in [1.29, 1.82) is 0 Å². The second-order valence-electron chi connectivity index (χ2n) is 5.30. The summed E-state index contributed by atoms with van der Waals surface area (Å²) in [6.07, 6.45) is -3.53. The van der Waals surface area contributed by atoms with E-state index in [1.165, 1.54) is 12.1 Å². The second-order valence-corrected chi connectivity index (χ2v) is 7.85. The molecule has 1 heterocycles. The molecular weight excluding hydrogens is 344 g/mol. The van der Waals surface area contributed by atoms with Crippen LogP contribution in [-0.4, -0.2) is 66.5 Å². The summed E-state index contributed by atoms with van der Waals surface area (Å²) in [7, 11) is -4.00. The van der Waals surface area contributed by atoms with Crippen LogP contribution in [0.5, 0.6) is 0 Å². The molecule has 3 N–H and O–H groups in total. The van der Waals surface area contributed by atoms with Crippen molar-refractivity contribution in [2.24, 2.45) is 0 Å². The summed E-state index contributed by atoms with van der Waals surface area (Å²) in [4.78, 5) is -0.00426. The molecule has 0 spiro atoms. The first-order chi connectivity index (χ1) is 10.8. The first-order valence-corrected chi connectivity index (χ1v) is 9.64. The lowest BCUT2D eigenvalue weighted by Crippen LogP contribution is -2.57. The minimum absolute atomic E-state index is 0.00426. The van der Waals surface area contributed by atoms with E-state index in [1.54, 1.807) is 18.4 Å². The molecule has 130 valence electrons. The van der Waals surface area contributed by atoms with Gasteiger partial charge in [0.25, 0.3) is 10.1 Å². The Balaban J connectivity index is 2.05. The van der Waals surface area contributed by atoms with Crippen LogP contribution >= 0.6 is 11.8 Å². The molecule has 0 saturated carbocycles. The minimum Gasteiger partial charge on any atom is -0.387 e. The molecule has 0 aliphatic carbocycles. The third-order valence-electron chi connectivity index (χ3n) is 3.60. The largest absolute Gasteiger partial charge is 0.387 e. The first-order valence-electron chi connectivity index (χ1n) is 6.95. The van der Waals surface area contributed by atoms with Gasteiger partial charge < -0.3 is 20.1 Å². The van der Waals surface area contributed by atoms with Crippen LogP contribution in [0.25, 0.3) is 0 Å². The van der Waals surface area contributed by atoms with E-state index >= 15 is 0 Å². The molecule has 0 radical (unpaired) electrons. The van der Waals surface area contributed by atoms with Gasteiger partial charge in [-0.3, -0.25) is 4.18 Å². The van der Waals surface area contributed by atoms with Crippen molar-refractivity contribution in [3.05, 3.63) is 29.8 Å². The fourth-order valence-corrected chi connectivity index (χ4v) is 3.79. The lowest BCUT2D eigenvalue weighted by molar-refractivity contribution is -0.203. The molecular formula is C14H20O7S2. The maximum absolute atomic E-state index is 12.1. The van der Waals surface area contributed by atoms with Gasteiger partial charge in [-0.15, -0.1) is 11.8 Å². The van der Waals surface area contributed by atoms with E-state index in [-0.39, 0.29) is 4.90 Å². The molecule has 1 saturated heterocycles. The normalized spacial score (nSPS) is 32.0. The van der Waals surface area contributed by atoms with Crippen molar-refractivity contribution in [3.63, 3.8) is 0 Å². The third-order valence-corrected chi connectivity index (χ3v) is 5.75. The van der Waals surface area contributed by atoms with E-state index in [0.29, 0.717) is 0 Å². The third kappa shape index (κ3) is 4.24. The first kappa shape index (κ1) is 18.7. The minimum atomic E-state index is -4.00. The Bertz CT molecular complexity index is 615. The fourth-order valence-electron chi connectivity index (χ4n) is 2.18. The average molecular weight is 364 g/mol. The topological polar surface area (TPSA) is 113 Å². The van der Waals surface area contributed by atoms with Gasteiger partial charge in [-0.2, -0.15) is 8.42 Å². The molecule has 1 fully saturated rings. The van der Waals surface area contributed by atoms with Crippen molar-refractivity contribution >= 4 is 21.9 Å².